The third-order valence-corrected chi connectivity index (χ3v) is 5.89. The molecule has 1 aliphatic heterocycles. The van der Waals surface area contributed by atoms with E-state index >= 15 is 0 Å². The number of nitrogens with zero attached hydrogens (tertiary/aromatic N) is 1. The first-order valence-electron chi connectivity index (χ1n) is 9.09. The lowest BCUT2D eigenvalue weighted by atomic mass is 9.85. The first-order chi connectivity index (χ1) is 13.4. The Morgan fingerprint density at radius 3 is 2.50 bits per heavy atom. The number of piperidine rings is 1. The molecule has 0 spiro atoms. The molecule has 0 bridgehead atoms. The lowest BCUT2D eigenvalue weighted by molar-refractivity contribution is 0.0904. The number of carbonyl (C=O) groups excluding carboxylic acids is 1. The first-order valence-corrected chi connectivity index (χ1v) is 9.85. The van der Waals surface area contributed by atoms with Crippen molar-refractivity contribution in [1.82, 2.24) is 10.2 Å². The second kappa shape index (κ2) is 9.03. The van der Waals surface area contributed by atoms with Gasteiger partial charge in [0.2, 0.25) is 0 Å². The molecule has 2 aromatic rings. The standard InChI is InChI=1S/C21H24Cl2N2O3/c1-25-9-8-18(24-21(26)14-4-6-16(22)17(23)10-14)15(12-25)13-5-7-19(27-2)20(11-13)28-3/h4-7,10-11,15,18H,8-9,12H2,1-3H3,(H,24,26)/t15-,18-/m1/s1. The predicted molar refractivity (Wildman–Crippen MR) is 112 cm³/mol. The van der Waals surface area contributed by atoms with E-state index in [1.807, 2.05) is 18.2 Å². The van der Waals surface area contributed by atoms with Gasteiger partial charge in [-0.1, -0.05) is 29.3 Å². The number of methoxy groups -OCH3 is 2. The molecule has 0 radical (unpaired) electrons. The van der Waals surface area contributed by atoms with E-state index in [4.69, 9.17) is 32.7 Å². The maximum atomic E-state index is 12.8. The Hall–Kier alpha value is -1.95. The zero-order valence-corrected chi connectivity index (χ0v) is 17.7. The van der Waals surface area contributed by atoms with E-state index < -0.39 is 0 Å². The highest BCUT2D eigenvalue weighted by molar-refractivity contribution is 6.42. The van der Waals surface area contributed by atoms with Crippen LogP contribution < -0.4 is 14.8 Å². The topological polar surface area (TPSA) is 50.8 Å². The molecule has 3 rings (SSSR count). The molecule has 150 valence electrons. The average Bonchev–Trinajstić information content (AvgIpc) is 2.70. The molecular formula is C21H24Cl2N2O3. The van der Waals surface area contributed by atoms with Gasteiger partial charge >= 0.3 is 0 Å². The predicted octanol–water partition coefficient (Wildman–Crippen LogP) is 4.23. The van der Waals surface area contributed by atoms with Crippen molar-refractivity contribution in [3.63, 3.8) is 0 Å². The maximum Gasteiger partial charge on any atom is 0.251 e. The van der Waals surface area contributed by atoms with Gasteiger partial charge in [-0.25, -0.2) is 0 Å². The SMILES string of the molecule is COc1ccc([C@H]2CN(C)CC[C@H]2NC(=O)c2ccc(Cl)c(Cl)c2)cc1OC. The number of halogens is 2. The van der Waals surface area contributed by atoms with E-state index in [1.54, 1.807) is 32.4 Å². The Kier molecular flexibility index (Phi) is 6.70. The number of carbonyl (C=O) groups is 1. The summed E-state index contributed by atoms with van der Waals surface area (Å²) in [5.41, 5.74) is 1.60. The van der Waals surface area contributed by atoms with Crippen LogP contribution in [0.4, 0.5) is 0 Å². The molecule has 0 aromatic heterocycles. The molecule has 2 atom stereocenters. The highest BCUT2D eigenvalue weighted by atomic mass is 35.5. The molecular weight excluding hydrogens is 399 g/mol. The molecule has 1 aliphatic rings. The third kappa shape index (κ3) is 4.54. The molecule has 5 nitrogen and oxygen atoms in total. The number of amides is 1. The number of rotatable bonds is 5. The number of benzene rings is 2. The second-order valence-corrected chi connectivity index (χ2v) is 7.80. The van der Waals surface area contributed by atoms with Crippen molar-refractivity contribution >= 4 is 29.1 Å². The van der Waals surface area contributed by atoms with Crippen LogP contribution in [0.2, 0.25) is 10.0 Å². The van der Waals surface area contributed by atoms with Crippen LogP contribution in [-0.4, -0.2) is 51.2 Å². The lowest BCUT2D eigenvalue weighted by Gasteiger charge is -2.37. The smallest absolute Gasteiger partial charge is 0.251 e. The van der Waals surface area contributed by atoms with Crippen LogP contribution in [-0.2, 0) is 0 Å². The Morgan fingerprint density at radius 1 is 1.07 bits per heavy atom. The van der Waals surface area contributed by atoms with Crippen molar-refractivity contribution in [1.29, 1.82) is 0 Å². The second-order valence-electron chi connectivity index (χ2n) is 6.98. The molecule has 1 fully saturated rings. The van der Waals surface area contributed by atoms with Crippen LogP contribution in [0, 0.1) is 0 Å². The normalized spacial score (nSPS) is 19.9. The van der Waals surface area contributed by atoms with Gasteiger partial charge in [0.25, 0.3) is 5.91 Å². The van der Waals surface area contributed by atoms with E-state index in [-0.39, 0.29) is 17.9 Å². The molecule has 1 saturated heterocycles. The van der Waals surface area contributed by atoms with Crippen LogP contribution in [0.15, 0.2) is 36.4 Å². The van der Waals surface area contributed by atoms with E-state index in [0.717, 1.165) is 25.1 Å². The van der Waals surface area contributed by atoms with E-state index in [0.29, 0.717) is 27.1 Å². The van der Waals surface area contributed by atoms with Crippen molar-refractivity contribution in [2.45, 2.75) is 18.4 Å². The van der Waals surface area contributed by atoms with Crippen LogP contribution in [0.1, 0.15) is 28.3 Å². The molecule has 1 amide bonds. The minimum absolute atomic E-state index is 0.00347. The van der Waals surface area contributed by atoms with Crippen molar-refractivity contribution in [2.24, 2.45) is 0 Å². The molecule has 7 heteroatoms. The summed E-state index contributed by atoms with van der Waals surface area (Å²) in [5, 5.41) is 3.98. The van der Waals surface area contributed by atoms with Gasteiger partial charge in [-0.15, -0.1) is 0 Å². The summed E-state index contributed by atoms with van der Waals surface area (Å²) in [4.78, 5) is 15.1. The maximum absolute atomic E-state index is 12.8. The highest BCUT2D eigenvalue weighted by Gasteiger charge is 2.31. The van der Waals surface area contributed by atoms with Crippen LogP contribution in [0.5, 0.6) is 11.5 Å². The summed E-state index contributed by atoms with van der Waals surface area (Å²) >= 11 is 12.0. The zero-order chi connectivity index (χ0) is 20.3. The van der Waals surface area contributed by atoms with Crippen LogP contribution in [0.25, 0.3) is 0 Å². The summed E-state index contributed by atoms with van der Waals surface area (Å²) in [6.07, 6.45) is 0.850. The summed E-state index contributed by atoms with van der Waals surface area (Å²) in [6.45, 7) is 1.75. The number of nitrogens with one attached hydrogen (secondary N) is 1. The molecule has 0 aliphatic carbocycles. The van der Waals surface area contributed by atoms with Crippen LogP contribution in [0.3, 0.4) is 0 Å². The molecule has 1 N–H and O–H groups in total. The van der Waals surface area contributed by atoms with Gasteiger partial charge in [0.05, 0.1) is 24.3 Å². The van der Waals surface area contributed by atoms with Crippen molar-refractivity contribution in [3.05, 3.63) is 57.6 Å². The molecule has 28 heavy (non-hydrogen) atoms. The highest BCUT2D eigenvalue weighted by Crippen LogP contribution is 2.34. The fraction of sp³-hybridized carbons (Fsp3) is 0.381. The molecule has 2 aromatic carbocycles. The summed E-state index contributed by atoms with van der Waals surface area (Å²) < 4.78 is 10.8. The Labute approximate surface area is 175 Å². The number of hydrogen-bond acceptors (Lipinski definition) is 4. The Bertz CT molecular complexity index is 860. The molecule has 1 heterocycles. The fourth-order valence-electron chi connectivity index (χ4n) is 3.60. The number of ether oxygens (including phenoxy) is 2. The quantitative estimate of drug-likeness (QED) is 0.782. The van der Waals surface area contributed by atoms with Gasteiger partial charge in [-0.3, -0.25) is 4.79 Å². The number of likely N-dealkylation sites (N-methyl/N-ethyl adjacent to an activating group) is 1. The lowest BCUT2D eigenvalue weighted by Crippen LogP contribution is -2.48. The molecule has 0 unspecified atom stereocenters. The van der Waals surface area contributed by atoms with Crippen molar-refractivity contribution < 1.29 is 14.3 Å². The van der Waals surface area contributed by atoms with Crippen LogP contribution >= 0.6 is 23.2 Å². The Balaban J connectivity index is 1.84. The molecule has 0 saturated carbocycles. The van der Waals surface area contributed by atoms with E-state index in [2.05, 4.69) is 17.3 Å². The zero-order valence-electron chi connectivity index (χ0n) is 16.2. The van der Waals surface area contributed by atoms with Gasteiger partial charge < -0.3 is 19.7 Å². The minimum Gasteiger partial charge on any atom is -0.493 e. The van der Waals surface area contributed by atoms with Gasteiger partial charge in [-0.05, 0) is 55.9 Å². The monoisotopic (exact) mass is 422 g/mol. The van der Waals surface area contributed by atoms with Crippen molar-refractivity contribution in [2.75, 3.05) is 34.4 Å². The number of likely N-dealkylation sites (tertiary alicyclic amines) is 1. The largest absolute Gasteiger partial charge is 0.493 e. The fourth-order valence-corrected chi connectivity index (χ4v) is 3.90. The Morgan fingerprint density at radius 2 is 1.82 bits per heavy atom. The van der Waals surface area contributed by atoms with Gasteiger partial charge in [-0.2, -0.15) is 0 Å². The van der Waals surface area contributed by atoms with E-state index in [1.165, 1.54) is 0 Å². The average molecular weight is 423 g/mol. The summed E-state index contributed by atoms with van der Waals surface area (Å²) in [7, 11) is 5.33. The van der Waals surface area contributed by atoms with E-state index in [9.17, 15) is 4.79 Å². The summed E-state index contributed by atoms with van der Waals surface area (Å²) in [6, 6.07) is 10.8. The van der Waals surface area contributed by atoms with Gasteiger partial charge in [0.15, 0.2) is 11.5 Å². The first kappa shape index (κ1) is 20.8. The third-order valence-electron chi connectivity index (χ3n) is 5.15. The van der Waals surface area contributed by atoms with Gasteiger partial charge in [0, 0.05) is 24.1 Å². The minimum atomic E-state index is -0.154. The summed E-state index contributed by atoms with van der Waals surface area (Å²) in [5.74, 6) is 1.35. The number of hydrogen-bond donors (Lipinski definition) is 1. The van der Waals surface area contributed by atoms with Crippen molar-refractivity contribution in [3.8, 4) is 11.5 Å². The van der Waals surface area contributed by atoms with Gasteiger partial charge in [0.1, 0.15) is 0 Å².